The van der Waals surface area contributed by atoms with Crippen LogP contribution in [0.3, 0.4) is 0 Å². The number of hydrazone groups is 1. The number of sulfone groups is 1. The van der Waals surface area contributed by atoms with Crippen molar-refractivity contribution in [3.63, 3.8) is 0 Å². The van der Waals surface area contributed by atoms with Crippen molar-refractivity contribution in [2.75, 3.05) is 23.4 Å². The molecular formula is C18H17F6N3O5S. The SMILES string of the molecule is O=C(Nc1cc(C(F)(F)F)ccc1OCC(F)(F)F)C1=NN([C@H]2CCS(=O)(=O)C2)C(=O)CC1. The minimum atomic E-state index is -4.85. The van der Waals surface area contributed by atoms with Crippen molar-refractivity contribution in [3.05, 3.63) is 23.8 Å². The molecular weight excluding hydrogens is 484 g/mol. The van der Waals surface area contributed by atoms with Crippen LogP contribution in [0, 0.1) is 0 Å². The Morgan fingerprint density at radius 3 is 2.45 bits per heavy atom. The van der Waals surface area contributed by atoms with Crippen LogP contribution in [0.2, 0.25) is 0 Å². The van der Waals surface area contributed by atoms with E-state index in [1.54, 1.807) is 0 Å². The maximum absolute atomic E-state index is 13.0. The maximum atomic E-state index is 13.0. The molecule has 2 amide bonds. The molecule has 0 aliphatic carbocycles. The van der Waals surface area contributed by atoms with E-state index in [2.05, 4.69) is 15.2 Å². The Kier molecular flexibility index (Phi) is 6.64. The van der Waals surface area contributed by atoms with Crippen molar-refractivity contribution in [2.45, 2.75) is 37.7 Å². The van der Waals surface area contributed by atoms with Crippen molar-refractivity contribution in [2.24, 2.45) is 5.10 Å². The number of carbonyl (C=O) groups is 2. The molecule has 0 saturated carbocycles. The van der Waals surface area contributed by atoms with Crippen molar-refractivity contribution in [1.82, 2.24) is 5.01 Å². The highest BCUT2D eigenvalue weighted by Gasteiger charge is 2.38. The molecule has 182 valence electrons. The van der Waals surface area contributed by atoms with Gasteiger partial charge in [0.15, 0.2) is 16.4 Å². The number of carbonyl (C=O) groups excluding carboxylic acids is 2. The van der Waals surface area contributed by atoms with Crippen LogP contribution in [0.5, 0.6) is 5.75 Å². The van der Waals surface area contributed by atoms with Gasteiger partial charge in [0.1, 0.15) is 11.5 Å². The van der Waals surface area contributed by atoms with Gasteiger partial charge in [-0.05, 0) is 24.6 Å². The normalized spacial score (nSPS) is 21.0. The molecule has 3 rings (SSSR count). The fraction of sp³-hybridized carbons (Fsp3) is 0.500. The summed E-state index contributed by atoms with van der Waals surface area (Å²) < 4.78 is 104. The highest BCUT2D eigenvalue weighted by molar-refractivity contribution is 7.91. The Hall–Kier alpha value is -2.84. The molecule has 0 radical (unpaired) electrons. The van der Waals surface area contributed by atoms with Crippen molar-refractivity contribution < 1.29 is 49.1 Å². The van der Waals surface area contributed by atoms with Gasteiger partial charge in [0.05, 0.1) is 28.8 Å². The standard InChI is InChI=1S/C18H17F6N3O5S/c19-17(20,21)9-32-14-3-1-10(18(22,23)24)7-13(14)25-16(29)12-2-4-15(28)27(26-12)11-5-6-33(30,31)8-11/h1,3,7,11H,2,4-6,8-9H2,(H,25,29)/t11-/m0/s1. The Bertz CT molecular complexity index is 1080. The average Bonchev–Trinajstić information content (AvgIpc) is 3.05. The molecule has 0 unspecified atom stereocenters. The number of anilines is 1. The van der Waals surface area contributed by atoms with Crippen molar-refractivity contribution in [1.29, 1.82) is 0 Å². The Balaban J connectivity index is 1.85. The fourth-order valence-corrected chi connectivity index (χ4v) is 4.96. The summed E-state index contributed by atoms with van der Waals surface area (Å²) in [6.07, 6.45) is -9.92. The van der Waals surface area contributed by atoms with Gasteiger partial charge < -0.3 is 10.1 Å². The Morgan fingerprint density at radius 2 is 1.88 bits per heavy atom. The number of nitrogens with zero attached hydrogens (tertiary/aromatic N) is 2. The number of benzene rings is 1. The maximum Gasteiger partial charge on any atom is 0.422 e. The lowest BCUT2D eigenvalue weighted by molar-refractivity contribution is -0.153. The van der Waals surface area contributed by atoms with Crippen LogP contribution in [0.15, 0.2) is 23.3 Å². The summed E-state index contributed by atoms with van der Waals surface area (Å²) in [5, 5.41) is 6.80. The monoisotopic (exact) mass is 501 g/mol. The molecule has 1 aromatic rings. The molecule has 0 aromatic heterocycles. The average molecular weight is 501 g/mol. The topological polar surface area (TPSA) is 105 Å². The van der Waals surface area contributed by atoms with Gasteiger partial charge >= 0.3 is 12.4 Å². The Labute approximate surface area is 183 Å². The fourth-order valence-electron chi connectivity index (χ4n) is 3.27. The van der Waals surface area contributed by atoms with Gasteiger partial charge in [0.25, 0.3) is 5.91 Å². The minimum absolute atomic E-state index is 0.107. The van der Waals surface area contributed by atoms with E-state index in [4.69, 9.17) is 0 Å². The van der Waals surface area contributed by atoms with Crippen LogP contribution in [-0.2, 0) is 25.6 Å². The zero-order chi connectivity index (χ0) is 24.6. The van der Waals surface area contributed by atoms with E-state index < -0.39 is 63.7 Å². The third kappa shape index (κ3) is 6.36. The molecule has 0 bridgehead atoms. The number of alkyl halides is 6. The molecule has 1 N–H and O–H groups in total. The first-order chi connectivity index (χ1) is 15.1. The van der Waals surface area contributed by atoms with E-state index in [1.807, 2.05) is 0 Å². The second-order valence-electron chi connectivity index (χ2n) is 7.41. The minimum Gasteiger partial charge on any atom is -0.482 e. The molecule has 33 heavy (non-hydrogen) atoms. The van der Waals surface area contributed by atoms with Crippen LogP contribution >= 0.6 is 0 Å². The molecule has 1 atom stereocenters. The van der Waals surface area contributed by atoms with E-state index in [0.29, 0.717) is 18.2 Å². The predicted octanol–water partition coefficient (Wildman–Crippen LogP) is 2.75. The molecule has 2 aliphatic heterocycles. The first-order valence-electron chi connectivity index (χ1n) is 9.47. The van der Waals surface area contributed by atoms with Gasteiger partial charge in [-0.15, -0.1) is 0 Å². The molecule has 2 heterocycles. The molecule has 1 fully saturated rings. The van der Waals surface area contributed by atoms with E-state index in [0.717, 1.165) is 5.01 Å². The van der Waals surface area contributed by atoms with E-state index >= 15 is 0 Å². The van der Waals surface area contributed by atoms with E-state index in [-0.39, 0.29) is 36.5 Å². The molecule has 0 spiro atoms. The van der Waals surface area contributed by atoms with Crippen LogP contribution < -0.4 is 10.1 Å². The summed E-state index contributed by atoms with van der Waals surface area (Å²) in [5.74, 6) is -2.76. The third-order valence-electron chi connectivity index (χ3n) is 4.82. The smallest absolute Gasteiger partial charge is 0.422 e. The molecule has 1 saturated heterocycles. The lowest BCUT2D eigenvalue weighted by atomic mass is 10.1. The summed E-state index contributed by atoms with van der Waals surface area (Å²) in [7, 11) is -3.38. The highest BCUT2D eigenvalue weighted by atomic mass is 32.2. The first-order valence-corrected chi connectivity index (χ1v) is 11.3. The van der Waals surface area contributed by atoms with Crippen LogP contribution in [-0.4, -0.2) is 61.3 Å². The predicted molar refractivity (Wildman–Crippen MR) is 102 cm³/mol. The van der Waals surface area contributed by atoms with Gasteiger partial charge in [-0.25, -0.2) is 13.4 Å². The number of hydrogen-bond donors (Lipinski definition) is 1. The quantitative estimate of drug-likeness (QED) is 0.625. The summed E-state index contributed by atoms with van der Waals surface area (Å²) in [4.78, 5) is 24.8. The summed E-state index contributed by atoms with van der Waals surface area (Å²) in [6, 6.07) is 0.774. The van der Waals surface area contributed by atoms with Gasteiger partial charge in [0, 0.05) is 12.8 Å². The molecule has 2 aliphatic rings. The molecule has 1 aromatic carbocycles. The van der Waals surface area contributed by atoms with E-state index in [1.165, 1.54) is 0 Å². The van der Waals surface area contributed by atoms with Gasteiger partial charge in [-0.1, -0.05) is 0 Å². The second kappa shape index (κ2) is 8.83. The Morgan fingerprint density at radius 1 is 1.18 bits per heavy atom. The lowest BCUT2D eigenvalue weighted by Crippen LogP contribution is -2.42. The zero-order valence-corrected chi connectivity index (χ0v) is 17.5. The van der Waals surface area contributed by atoms with Crippen LogP contribution in [0.4, 0.5) is 32.0 Å². The number of rotatable bonds is 5. The van der Waals surface area contributed by atoms with Crippen LogP contribution in [0.25, 0.3) is 0 Å². The van der Waals surface area contributed by atoms with Crippen LogP contribution in [0.1, 0.15) is 24.8 Å². The number of nitrogens with one attached hydrogen (secondary N) is 1. The summed E-state index contributed by atoms with van der Waals surface area (Å²) >= 11 is 0. The summed E-state index contributed by atoms with van der Waals surface area (Å²) in [5.41, 5.74) is -2.21. The van der Waals surface area contributed by atoms with E-state index in [9.17, 15) is 44.3 Å². The number of ether oxygens (including phenoxy) is 1. The van der Waals surface area contributed by atoms with Gasteiger partial charge in [-0.3, -0.25) is 9.59 Å². The summed E-state index contributed by atoms with van der Waals surface area (Å²) in [6.45, 7) is -1.80. The second-order valence-corrected chi connectivity index (χ2v) is 9.64. The molecule has 15 heteroatoms. The third-order valence-corrected chi connectivity index (χ3v) is 6.57. The lowest BCUT2D eigenvalue weighted by Gasteiger charge is -2.27. The number of amides is 2. The zero-order valence-electron chi connectivity index (χ0n) is 16.7. The number of hydrogen-bond acceptors (Lipinski definition) is 6. The van der Waals surface area contributed by atoms with Crippen molar-refractivity contribution in [3.8, 4) is 5.75 Å². The largest absolute Gasteiger partial charge is 0.482 e. The van der Waals surface area contributed by atoms with Crippen molar-refractivity contribution >= 4 is 33.1 Å². The number of halogens is 6. The first kappa shape index (κ1) is 24.8. The van der Waals surface area contributed by atoms with Gasteiger partial charge in [-0.2, -0.15) is 31.4 Å². The van der Waals surface area contributed by atoms with Gasteiger partial charge in [0.2, 0.25) is 5.91 Å². The highest BCUT2D eigenvalue weighted by Crippen LogP contribution is 2.36. The molecule has 8 nitrogen and oxygen atoms in total.